The van der Waals surface area contributed by atoms with Gasteiger partial charge in [-0.15, -0.1) is 0 Å². The molecule has 1 saturated heterocycles. The fourth-order valence-corrected chi connectivity index (χ4v) is 3.06. The van der Waals surface area contributed by atoms with E-state index in [1.165, 1.54) is 23.6 Å². The first kappa shape index (κ1) is 15.8. The highest BCUT2D eigenvalue weighted by Gasteiger charge is 2.19. The highest BCUT2D eigenvalue weighted by Crippen LogP contribution is 2.17. The van der Waals surface area contributed by atoms with Crippen LogP contribution in [-0.2, 0) is 13.1 Å². The third-order valence-corrected chi connectivity index (χ3v) is 4.34. The molecule has 0 spiro atoms. The van der Waals surface area contributed by atoms with Crippen molar-refractivity contribution in [3.05, 3.63) is 27.0 Å². The smallest absolute Gasteiger partial charge is 0.331 e. The van der Waals surface area contributed by atoms with Crippen LogP contribution in [0, 0.1) is 0 Å². The Hall–Kier alpha value is -1.56. The average molecular weight is 294 g/mol. The second-order valence-corrected chi connectivity index (χ2v) is 5.94. The van der Waals surface area contributed by atoms with Crippen molar-refractivity contribution in [2.24, 2.45) is 0 Å². The summed E-state index contributed by atoms with van der Waals surface area (Å²) in [6.07, 6.45) is 6.72. The van der Waals surface area contributed by atoms with Crippen LogP contribution >= 0.6 is 0 Å². The van der Waals surface area contributed by atoms with E-state index in [2.05, 4.69) is 11.9 Å². The molecule has 118 valence electrons. The number of anilines is 1. The molecule has 2 N–H and O–H groups in total. The minimum absolute atomic E-state index is 0.153. The Morgan fingerprint density at radius 3 is 2.71 bits per heavy atom. The number of hydrogen-bond donors (Lipinski definition) is 1. The maximum atomic E-state index is 12.3. The molecule has 6 heteroatoms. The lowest BCUT2D eigenvalue weighted by molar-refractivity contribution is 0.170. The van der Waals surface area contributed by atoms with E-state index in [-0.39, 0.29) is 16.9 Å². The predicted octanol–water partition coefficient (Wildman–Crippen LogP) is 0.877. The highest BCUT2D eigenvalue weighted by molar-refractivity contribution is 5.30. The molecule has 1 fully saturated rings. The molecule has 1 unspecified atom stereocenters. The van der Waals surface area contributed by atoms with E-state index < -0.39 is 0 Å². The van der Waals surface area contributed by atoms with Gasteiger partial charge in [-0.3, -0.25) is 13.9 Å². The summed E-state index contributed by atoms with van der Waals surface area (Å²) < 4.78 is 2.84. The molecule has 2 heterocycles. The average Bonchev–Trinajstić information content (AvgIpc) is 2.46. The Morgan fingerprint density at radius 2 is 2.05 bits per heavy atom. The summed E-state index contributed by atoms with van der Waals surface area (Å²) in [6.45, 7) is 4.12. The number of piperidine rings is 1. The molecule has 0 aliphatic carbocycles. The Balaban J connectivity index is 2.19. The van der Waals surface area contributed by atoms with Crippen molar-refractivity contribution >= 4 is 5.69 Å². The zero-order chi connectivity index (χ0) is 15.4. The molecule has 1 aliphatic heterocycles. The molecule has 1 aromatic heterocycles. The molecule has 0 amide bonds. The van der Waals surface area contributed by atoms with Crippen molar-refractivity contribution in [3.63, 3.8) is 0 Å². The fourth-order valence-electron chi connectivity index (χ4n) is 3.06. The van der Waals surface area contributed by atoms with Crippen LogP contribution in [0.15, 0.2) is 15.8 Å². The lowest BCUT2D eigenvalue weighted by Gasteiger charge is -2.32. The van der Waals surface area contributed by atoms with Crippen molar-refractivity contribution in [1.82, 2.24) is 14.0 Å². The van der Waals surface area contributed by atoms with Crippen LogP contribution in [0.1, 0.15) is 39.0 Å². The summed E-state index contributed by atoms with van der Waals surface area (Å²) in [5, 5.41) is 0. The van der Waals surface area contributed by atoms with Gasteiger partial charge in [-0.25, -0.2) is 4.79 Å². The predicted molar refractivity (Wildman–Crippen MR) is 84.6 cm³/mol. The Kier molecular flexibility index (Phi) is 5.22. The van der Waals surface area contributed by atoms with Crippen molar-refractivity contribution in [2.45, 2.75) is 58.2 Å². The molecule has 21 heavy (non-hydrogen) atoms. The zero-order valence-corrected chi connectivity index (χ0v) is 13.0. The third kappa shape index (κ3) is 3.56. The number of nitrogens with zero attached hydrogens (tertiary/aromatic N) is 3. The van der Waals surface area contributed by atoms with E-state index >= 15 is 0 Å². The number of nitrogens with two attached hydrogens (primary N) is 1. The highest BCUT2D eigenvalue weighted by atomic mass is 16.2. The first-order chi connectivity index (χ1) is 10.0. The van der Waals surface area contributed by atoms with Gasteiger partial charge in [-0.2, -0.15) is 0 Å². The third-order valence-electron chi connectivity index (χ3n) is 4.34. The van der Waals surface area contributed by atoms with Crippen LogP contribution in [0.25, 0.3) is 0 Å². The second-order valence-electron chi connectivity index (χ2n) is 5.94. The standard InChI is InChI=1S/C15H26N4O2/c1-3-8-18-11-13(16)14(20)19(15(18)21)10-7-12-6-4-5-9-17(12)2/h11-12H,3-10,16H2,1-2H3. The SMILES string of the molecule is CCCn1cc(N)c(=O)n(CCC2CCCCN2C)c1=O. The minimum Gasteiger partial charge on any atom is -0.393 e. The topological polar surface area (TPSA) is 73.3 Å². The van der Waals surface area contributed by atoms with Gasteiger partial charge in [-0.05, 0) is 39.3 Å². The summed E-state index contributed by atoms with van der Waals surface area (Å²) in [5.41, 5.74) is 5.31. The Labute approximate surface area is 125 Å². The van der Waals surface area contributed by atoms with Gasteiger partial charge in [0.15, 0.2) is 0 Å². The van der Waals surface area contributed by atoms with E-state index in [0.29, 0.717) is 19.1 Å². The van der Waals surface area contributed by atoms with Crippen LogP contribution in [-0.4, -0.2) is 33.7 Å². The maximum Gasteiger partial charge on any atom is 0.331 e. The van der Waals surface area contributed by atoms with Crippen molar-refractivity contribution in [1.29, 1.82) is 0 Å². The molecule has 6 nitrogen and oxygen atoms in total. The summed E-state index contributed by atoms with van der Waals surface area (Å²) >= 11 is 0. The first-order valence-corrected chi connectivity index (χ1v) is 7.84. The maximum absolute atomic E-state index is 12.3. The van der Waals surface area contributed by atoms with Crippen molar-refractivity contribution < 1.29 is 0 Å². The van der Waals surface area contributed by atoms with E-state index in [0.717, 1.165) is 25.8 Å². The van der Waals surface area contributed by atoms with Gasteiger partial charge in [0.05, 0.1) is 0 Å². The second kappa shape index (κ2) is 6.93. The summed E-state index contributed by atoms with van der Waals surface area (Å²) in [4.78, 5) is 26.8. The van der Waals surface area contributed by atoms with Gasteiger partial charge >= 0.3 is 5.69 Å². The van der Waals surface area contributed by atoms with E-state index in [9.17, 15) is 9.59 Å². The summed E-state index contributed by atoms with van der Waals surface area (Å²) in [5.74, 6) is 0. The summed E-state index contributed by atoms with van der Waals surface area (Å²) in [7, 11) is 2.11. The quantitative estimate of drug-likeness (QED) is 0.875. The summed E-state index contributed by atoms with van der Waals surface area (Å²) in [6, 6.07) is 0.450. The number of hydrogen-bond acceptors (Lipinski definition) is 4. The van der Waals surface area contributed by atoms with Crippen LogP contribution in [0.3, 0.4) is 0 Å². The van der Waals surface area contributed by atoms with Crippen molar-refractivity contribution in [2.75, 3.05) is 19.3 Å². The number of rotatable bonds is 5. The molecule has 0 saturated carbocycles. The largest absolute Gasteiger partial charge is 0.393 e. The van der Waals surface area contributed by atoms with Crippen molar-refractivity contribution in [3.8, 4) is 0 Å². The fraction of sp³-hybridized carbons (Fsp3) is 0.733. The number of likely N-dealkylation sites (tertiary alicyclic amines) is 1. The molecule has 2 rings (SSSR count). The number of aromatic nitrogens is 2. The van der Waals surface area contributed by atoms with Gasteiger partial charge in [0.2, 0.25) is 0 Å². The Bertz CT molecular complexity index is 590. The molecular formula is C15H26N4O2. The van der Waals surface area contributed by atoms with Gasteiger partial charge in [0.1, 0.15) is 5.69 Å². The Morgan fingerprint density at radius 1 is 1.29 bits per heavy atom. The van der Waals surface area contributed by atoms with Crippen LogP contribution < -0.4 is 17.0 Å². The molecular weight excluding hydrogens is 268 g/mol. The number of aryl methyl sites for hydroxylation is 1. The zero-order valence-electron chi connectivity index (χ0n) is 13.0. The van der Waals surface area contributed by atoms with Crippen LogP contribution in [0.5, 0.6) is 0 Å². The first-order valence-electron chi connectivity index (χ1n) is 7.84. The van der Waals surface area contributed by atoms with Gasteiger partial charge in [0.25, 0.3) is 5.56 Å². The van der Waals surface area contributed by atoms with E-state index in [1.54, 1.807) is 4.57 Å². The lowest BCUT2D eigenvalue weighted by atomic mass is 10.0. The van der Waals surface area contributed by atoms with Crippen LogP contribution in [0.4, 0.5) is 5.69 Å². The van der Waals surface area contributed by atoms with E-state index in [1.807, 2.05) is 6.92 Å². The van der Waals surface area contributed by atoms with Gasteiger partial charge < -0.3 is 10.6 Å². The van der Waals surface area contributed by atoms with Crippen LogP contribution in [0.2, 0.25) is 0 Å². The molecule has 0 bridgehead atoms. The monoisotopic (exact) mass is 294 g/mol. The molecule has 1 atom stereocenters. The molecule has 1 aliphatic rings. The number of nitrogen functional groups attached to an aromatic ring is 1. The molecule has 0 aromatic carbocycles. The normalized spacial score (nSPS) is 19.8. The molecule has 1 aromatic rings. The molecule has 0 radical (unpaired) electrons. The van der Waals surface area contributed by atoms with Gasteiger partial charge in [-0.1, -0.05) is 13.3 Å². The van der Waals surface area contributed by atoms with E-state index in [4.69, 9.17) is 5.73 Å². The lowest BCUT2D eigenvalue weighted by Crippen LogP contribution is -2.43. The minimum atomic E-state index is -0.356. The van der Waals surface area contributed by atoms with Gasteiger partial charge in [0, 0.05) is 25.3 Å².